The molecule has 0 radical (unpaired) electrons. The lowest BCUT2D eigenvalue weighted by atomic mass is 9.96. The van der Waals surface area contributed by atoms with Crippen LogP contribution in [0.2, 0.25) is 0 Å². The Morgan fingerprint density at radius 3 is 2.11 bits per heavy atom. The summed E-state index contributed by atoms with van der Waals surface area (Å²) in [4.78, 5) is 10.9. The van der Waals surface area contributed by atoms with E-state index in [1.54, 1.807) is 0 Å². The van der Waals surface area contributed by atoms with Crippen molar-refractivity contribution in [1.29, 1.82) is 0 Å². The smallest absolute Gasteiger partial charge is 0.235 e. The van der Waals surface area contributed by atoms with E-state index in [-0.39, 0.29) is 11.3 Å². The van der Waals surface area contributed by atoms with Crippen LogP contribution in [0.4, 0.5) is 0 Å². The average molecular weight is 165 g/mol. The van der Waals surface area contributed by atoms with Crippen molar-refractivity contribution in [2.24, 2.45) is 5.41 Å². The van der Waals surface area contributed by atoms with E-state index in [0.717, 1.165) is 11.0 Å². The predicted octanol–water partition coefficient (Wildman–Crippen LogP) is 1.64. The second kappa shape index (κ2) is 3.37. The van der Waals surface area contributed by atoms with Gasteiger partial charge in [-0.15, -0.1) is 0 Å². The highest BCUT2D eigenvalue weighted by Crippen LogP contribution is 2.14. The van der Waals surface area contributed by atoms with E-state index in [4.69, 9.17) is 0 Å². The lowest BCUT2D eigenvalue weighted by Gasteiger charge is -2.15. The largest absolute Gasteiger partial charge is 0.291 e. The first kappa shape index (κ1) is 9.17. The third kappa shape index (κ3) is 3.70. The highest BCUT2D eigenvalue weighted by atomic mass is 33.1. The highest BCUT2D eigenvalue weighted by Gasteiger charge is 2.20. The maximum Gasteiger partial charge on any atom is 0.235 e. The van der Waals surface area contributed by atoms with Crippen LogP contribution in [0.25, 0.3) is 0 Å². The number of carbonyl (C=O) groups is 1. The minimum Gasteiger partial charge on any atom is -0.291 e. The fraction of sp³-hybridized carbons (Fsp3) is 0.800. The lowest BCUT2D eigenvalue weighted by molar-refractivity contribution is -0.126. The molecule has 0 unspecified atom stereocenters. The van der Waals surface area contributed by atoms with Crippen LogP contribution in [0.1, 0.15) is 20.8 Å². The maximum atomic E-state index is 10.9. The molecule has 0 aromatic heterocycles. The molecule has 4 heteroatoms. The van der Waals surface area contributed by atoms with Gasteiger partial charge in [-0.2, -0.15) is 0 Å². The number of thiol groups is 1. The van der Waals surface area contributed by atoms with Crippen LogP contribution in [0.15, 0.2) is 0 Å². The van der Waals surface area contributed by atoms with Crippen LogP contribution in [-0.4, -0.2) is 5.91 Å². The first-order valence-corrected chi connectivity index (χ1v) is 4.46. The van der Waals surface area contributed by atoms with Crippen molar-refractivity contribution in [3.8, 4) is 0 Å². The predicted molar refractivity (Wildman–Crippen MR) is 44.2 cm³/mol. The molecule has 0 rings (SSSR count). The molecule has 0 aliphatic rings. The van der Waals surface area contributed by atoms with Gasteiger partial charge in [0.1, 0.15) is 0 Å². The number of hydrogen-bond donors (Lipinski definition) is 2. The van der Waals surface area contributed by atoms with E-state index in [9.17, 15) is 4.79 Å². The normalized spacial score (nSPS) is 11.1. The Balaban J connectivity index is 3.74. The molecule has 0 aliphatic carbocycles. The van der Waals surface area contributed by atoms with Gasteiger partial charge in [0, 0.05) is 16.4 Å². The van der Waals surface area contributed by atoms with E-state index < -0.39 is 0 Å². The Bertz CT molecular complexity index is 108. The highest BCUT2D eigenvalue weighted by molar-refractivity contribution is 8.68. The fourth-order valence-corrected chi connectivity index (χ4v) is 0.832. The molecule has 0 aromatic rings. The van der Waals surface area contributed by atoms with Crippen molar-refractivity contribution in [2.45, 2.75) is 20.8 Å². The van der Waals surface area contributed by atoms with Gasteiger partial charge in [0.15, 0.2) is 0 Å². The lowest BCUT2D eigenvalue weighted by Crippen LogP contribution is -2.29. The van der Waals surface area contributed by atoms with Gasteiger partial charge in [-0.3, -0.25) is 9.52 Å². The molecule has 0 atom stereocenters. The Hall–Kier alpha value is 0.170. The fourth-order valence-electron chi connectivity index (χ4n) is 0.195. The summed E-state index contributed by atoms with van der Waals surface area (Å²) in [7, 11) is 1.03. The standard InChI is InChI=1S/C5H11NOS2/c1-5(2,3)4(7)6-9-8/h8H,1-3H3,(H,6,7). The Labute approximate surface area is 64.7 Å². The molecular weight excluding hydrogens is 154 g/mol. The van der Waals surface area contributed by atoms with Gasteiger partial charge in [-0.05, 0) is 0 Å². The Kier molecular flexibility index (Phi) is 3.43. The van der Waals surface area contributed by atoms with E-state index in [1.807, 2.05) is 20.8 Å². The molecule has 0 fully saturated rings. The summed E-state index contributed by atoms with van der Waals surface area (Å²) in [6.45, 7) is 5.56. The molecule has 0 spiro atoms. The summed E-state index contributed by atoms with van der Waals surface area (Å²) in [5.74, 6) is 0.00231. The van der Waals surface area contributed by atoms with Gasteiger partial charge >= 0.3 is 0 Å². The summed E-state index contributed by atoms with van der Waals surface area (Å²) < 4.78 is 2.53. The third-order valence-corrected chi connectivity index (χ3v) is 1.37. The monoisotopic (exact) mass is 165 g/mol. The van der Waals surface area contributed by atoms with Gasteiger partial charge in [0.05, 0.1) is 0 Å². The molecule has 54 valence electrons. The maximum absolute atomic E-state index is 10.9. The van der Waals surface area contributed by atoms with Crippen molar-refractivity contribution in [2.75, 3.05) is 0 Å². The van der Waals surface area contributed by atoms with E-state index >= 15 is 0 Å². The van der Waals surface area contributed by atoms with Crippen LogP contribution < -0.4 is 4.72 Å². The Morgan fingerprint density at radius 2 is 2.00 bits per heavy atom. The summed E-state index contributed by atoms with van der Waals surface area (Å²) in [6, 6.07) is 0. The van der Waals surface area contributed by atoms with E-state index in [1.165, 1.54) is 0 Å². The molecule has 2 nitrogen and oxygen atoms in total. The quantitative estimate of drug-likeness (QED) is 0.351. The molecule has 1 amide bonds. The van der Waals surface area contributed by atoms with Gasteiger partial charge in [-0.1, -0.05) is 32.4 Å². The summed E-state index contributed by atoms with van der Waals surface area (Å²) in [5, 5.41) is 0. The SMILES string of the molecule is CC(C)(C)C(=O)NSS. The van der Waals surface area contributed by atoms with Crippen molar-refractivity contribution in [3.63, 3.8) is 0 Å². The van der Waals surface area contributed by atoms with Crippen molar-refractivity contribution in [3.05, 3.63) is 0 Å². The van der Waals surface area contributed by atoms with Crippen LogP contribution in [0.5, 0.6) is 0 Å². The molecule has 0 heterocycles. The van der Waals surface area contributed by atoms with Crippen LogP contribution in [0, 0.1) is 5.41 Å². The zero-order valence-electron chi connectivity index (χ0n) is 5.76. The average Bonchev–Trinajstić information content (AvgIpc) is 1.64. The van der Waals surface area contributed by atoms with Crippen molar-refractivity contribution >= 4 is 28.5 Å². The molecular formula is C5H11NOS2. The van der Waals surface area contributed by atoms with Gasteiger partial charge in [-0.25, -0.2) is 0 Å². The van der Waals surface area contributed by atoms with Gasteiger partial charge in [0.2, 0.25) is 5.91 Å². The molecule has 1 N–H and O–H groups in total. The molecule has 0 aliphatic heterocycles. The van der Waals surface area contributed by atoms with Crippen molar-refractivity contribution in [1.82, 2.24) is 4.72 Å². The van der Waals surface area contributed by atoms with Crippen LogP contribution >= 0.6 is 22.6 Å². The van der Waals surface area contributed by atoms with E-state index in [0.29, 0.717) is 0 Å². The second-order valence-corrected chi connectivity index (χ2v) is 3.71. The molecule has 0 aromatic carbocycles. The molecule has 0 saturated heterocycles. The third-order valence-electron chi connectivity index (χ3n) is 0.820. The zero-order chi connectivity index (χ0) is 7.49. The first-order valence-electron chi connectivity index (χ1n) is 2.59. The van der Waals surface area contributed by atoms with Gasteiger partial charge in [0.25, 0.3) is 0 Å². The van der Waals surface area contributed by atoms with E-state index in [2.05, 4.69) is 16.4 Å². The summed E-state index contributed by atoms with van der Waals surface area (Å²) in [6.07, 6.45) is 0. The zero-order valence-corrected chi connectivity index (χ0v) is 7.47. The first-order chi connectivity index (χ1) is 3.98. The molecule has 9 heavy (non-hydrogen) atoms. The topological polar surface area (TPSA) is 29.1 Å². The number of nitrogens with one attached hydrogen (secondary N) is 1. The number of amides is 1. The minimum atomic E-state index is -0.310. The van der Waals surface area contributed by atoms with Crippen LogP contribution in [0.3, 0.4) is 0 Å². The summed E-state index contributed by atoms with van der Waals surface area (Å²) >= 11 is 3.78. The number of hydrogen-bond acceptors (Lipinski definition) is 3. The molecule has 0 saturated carbocycles. The van der Waals surface area contributed by atoms with Crippen molar-refractivity contribution < 1.29 is 4.79 Å². The Morgan fingerprint density at radius 1 is 1.56 bits per heavy atom. The molecule has 0 bridgehead atoms. The minimum absolute atomic E-state index is 0.00231. The van der Waals surface area contributed by atoms with Crippen LogP contribution in [-0.2, 0) is 4.79 Å². The number of rotatable bonds is 1. The summed E-state index contributed by atoms with van der Waals surface area (Å²) in [5.41, 5.74) is -0.310. The second-order valence-electron chi connectivity index (χ2n) is 2.77. The number of carbonyl (C=O) groups excluding carboxylic acids is 1. The van der Waals surface area contributed by atoms with Gasteiger partial charge < -0.3 is 0 Å².